The molecule has 0 spiro atoms. The SMILES string of the molecule is Nc1ccc(NCC2CSCCS2)c(Cl)c1. The van der Waals surface area contributed by atoms with E-state index in [0.717, 1.165) is 12.2 Å². The first-order chi connectivity index (χ1) is 7.75. The molecule has 0 saturated carbocycles. The van der Waals surface area contributed by atoms with Crippen molar-refractivity contribution in [2.24, 2.45) is 0 Å². The largest absolute Gasteiger partial charge is 0.399 e. The van der Waals surface area contributed by atoms with Crippen molar-refractivity contribution in [3.05, 3.63) is 23.2 Å². The van der Waals surface area contributed by atoms with E-state index in [2.05, 4.69) is 5.32 Å². The van der Waals surface area contributed by atoms with Crippen LogP contribution in [0.5, 0.6) is 0 Å². The Morgan fingerprint density at radius 2 is 2.31 bits per heavy atom. The predicted octanol–water partition coefficient (Wildman–Crippen LogP) is 3.18. The third-order valence-electron chi connectivity index (χ3n) is 2.40. The number of nitrogen functional groups attached to an aromatic ring is 1. The van der Waals surface area contributed by atoms with E-state index in [1.54, 1.807) is 6.07 Å². The molecule has 1 aliphatic heterocycles. The summed E-state index contributed by atoms with van der Waals surface area (Å²) in [5.41, 5.74) is 7.33. The fourth-order valence-electron chi connectivity index (χ4n) is 1.55. The second-order valence-electron chi connectivity index (χ2n) is 3.69. The number of nitrogens with one attached hydrogen (secondary N) is 1. The number of halogens is 1. The highest BCUT2D eigenvalue weighted by atomic mass is 35.5. The Morgan fingerprint density at radius 3 is 3.00 bits per heavy atom. The smallest absolute Gasteiger partial charge is 0.0657 e. The number of benzene rings is 1. The van der Waals surface area contributed by atoms with E-state index >= 15 is 0 Å². The van der Waals surface area contributed by atoms with Gasteiger partial charge in [0.15, 0.2) is 0 Å². The predicted molar refractivity (Wildman–Crippen MR) is 77.9 cm³/mol. The molecule has 0 aliphatic carbocycles. The standard InChI is InChI=1S/C11H15ClN2S2/c12-10-5-8(13)1-2-11(10)14-6-9-7-15-3-4-16-9/h1-2,5,9,14H,3-4,6-7,13H2. The fourth-order valence-corrected chi connectivity index (χ4v) is 4.42. The highest BCUT2D eigenvalue weighted by Gasteiger charge is 2.14. The Labute approximate surface area is 110 Å². The molecule has 1 saturated heterocycles. The number of hydrogen-bond acceptors (Lipinski definition) is 4. The Morgan fingerprint density at radius 1 is 1.44 bits per heavy atom. The zero-order valence-electron chi connectivity index (χ0n) is 8.91. The first-order valence-electron chi connectivity index (χ1n) is 5.24. The minimum atomic E-state index is 0.687. The summed E-state index contributed by atoms with van der Waals surface area (Å²) in [6.45, 7) is 0.974. The summed E-state index contributed by atoms with van der Waals surface area (Å²) in [5, 5.41) is 4.78. The van der Waals surface area contributed by atoms with E-state index in [9.17, 15) is 0 Å². The Kier molecular flexibility index (Phi) is 4.55. The monoisotopic (exact) mass is 274 g/mol. The Balaban J connectivity index is 1.88. The molecule has 0 bridgehead atoms. The van der Waals surface area contributed by atoms with E-state index < -0.39 is 0 Å². The molecular formula is C11H15ClN2S2. The maximum Gasteiger partial charge on any atom is 0.0657 e. The molecule has 88 valence electrons. The third-order valence-corrected chi connectivity index (χ3v) is 5.56. The molecule has 1 aromatic carbocycles. The first-order valence-corrected chi connectivity index (χ1v) is 7.82. The molecule has 0 amide bonds. The number of rotatable bonds is 3. The van der Waals surface area contributed by atoms with Gasteiger partial charge in [0.25, 0.3) is 0 Å². The second-order valence-corrected chi connectivity index (χ2v) is 6.65. The molecule has 3 N–H and O–H groups in total. The normalized spacial score (nSPS) is 20.7. The summed E-state index contributed by atoms with van der Waals surface area (Å²) in [6, 6.07) is 5.60. The third kappa shape index (κ3) is 3.40. The van der Waals surface area contributed by atoms with E-state index in [1.807, 2.05) is 35.7 Å². The van der Waals surface area contributed by atoms with Gasteiger partial charge < -0.3 is 11.1 Å². The van der Waals surface area contributed by atoms with Crippen molar-refractivity contribution in [2.45, 2.75) is 5.25 Å². The molecule has 1 unspecified atom stereocenters. The molecule has 2 rings (SSSR count). The highest BCUT2D eigenvalue weighted by molar-refractivity contribution is 8.06. The summed E-state index contributed by atoms with van der Waals surface area (Å²) in [6.07, 6.45) is 0. The summed E-state index contributed by atoms with van der Waals surface area (Å²) in [4.78, 5) is 0. The van der Waals surface area contributed by atoms with Gasteiger partial charge in [0.1, 0.15) is 0 Å². The van der Waals surface area contributed by atoms with Gasteiger partial charge in [-0.2, -0.15) is 23.5 Å². The Hall–Kier alpha value is -0.190. The van der Waals surface area contributed by atoms with Gasteiger partial charge in [0.05, 0.1) is 10.7 Å². The average Bonchev–Trinajstić information content (AvgIpc) is 2.29. The summed E-state index contributed by atoms with van der Waals surface area (Å²) >= 11 is 10.2. The molecule has 16 heavy (non-hydrogen) atoms. The van der Waals surface area contributed by atoms with Crippen LogP contribution in [0.2, 0.25) is 5.02 Å². The zero-order chi connectivity index (χ0) is 11.4. The first kappa shape index (κ1) is 12.3. The van der Waals surface area contributed by atoms with Crippen molar-refractivity contribution < 1.29 is 0 Å². The van der Waals surface area contributed by atoms with Crippen molar-refractivity contribution >= 4 is 46.5 Å². The second kappa shape index (κ2) is 5.94. The fraction of sp³-hybridized carbons (Fsp3) is 0.455. The number of anilines is 2. The number of thioether (sulfide) groups is 2. The zero-order valence-corrected chi connectivity index (χ0v) is 11.3. The molecule has 2 nitrogen and oxygen atoms in total. The summed E-state index contributed by atoms with van der Waals surface area (Å²) < 4.78 is 0. The van der Waals surface area contributed by atoms with Gasteiger partial charge in [-0.05, 0) is 18.2 Å². The molecule has 0 aromatic heterocycles. The van der Waals surface area contributed by atoms with Crippen LogP contribution in [0, 0.1) is 0 Å². The molecule has 0 radical (unpaired) electrons. The van der Waals surface area contributed by atoms with Crippen LogP contribution >= 0.6 is 35.1 Å². The average molecular weight is 275 g/mol. The van der Waals surface area contributed by atoms with Crippen LogP contribution in [0.4, 0.5) is 11.4 Å². The van der Waals surface area contributed by atoms with Crippen LogP contribution in [0.25, 0.3) is 0 Å². The van der Waals surface area contributed by atoms with Gasteiger partial charge in [0, 0.05) is 34.7 Å². The quantitative estimate of drug-likeness (QED) is 0.831. The van der Waals surface area contributed by atoms with Crippen LogP contribution < -0.4 is 11.1 Å². The van der Waals surface area contributed by atoms with Crippen LogP contribution in [-0.2, 0) is 0 Å². The van der Waals surface area contributed by atoms with Gasteiger partial charge in [-0.25, -0.2) is 0 Å². The van der Waals surface area contributed by atoms with Crippen molar-refractivity contribution in [3.63, 3.8) is 0 Å². The van der Waals surface area contributed by atoms with Gasteiger partial charge in [0.2, 0.25) is 0 Å². The molecule has 1 heterocycles. The van der Waals surface area contributed by atoms with Crippen molar-refractivity contribution in [2.75, 3.05) is 34.9 Å². The lowest BCUT2D eigenvalue weighted by molar-refractivity contribution is 1.00. The lowest BCUT2D eigenvalue weighted by Crippen LogP contribution is -2.23. The van der Waals surface area contributed by atoms with Gasteiger partial charge in [-0.15, -0.1) is 0 Å². The molecule has 1 aliphatic rings. The van der Waals surface area contributed by atoms with Gasteiger partial charge >= 0.3 is 0 Å². The molecule has 1 aromatic rings. The molecule has 1 fully saturated rings. The maximum absolute atomic E-state index is 6.09. The van der Waals surface area contributed by atoms with Crippen molar-refractivity contribution in [1.29, 1.82) is 0 Å². The van der Waals surface area contributed by atoms with Gasteiger partial charge in [-0.1, -0.05) is 11.6 Å². The molecule has 5 heteroatoms. The lowest BCUT2D eigenvalue weighted by Gasteiger charge is -2.22. The topological polar surface area (TPSA) is 38.0 Å². The Bertz CT molecular complexity index is 354. The highest BCUT2D eigenvalue weighted by Crippen LogP contribution is 2.27. The lowest BCUT2D eigenvalue weighted by atomic mass is 10.3. The van der Waals surface area contributed by atoms with Crippen LogP contribution in [0.1, 0.15) is 0 Å². The van der Waals surface area contributed by atoms with Crippen LogP contribution in [-0.4, -0.2) is 29.1 Å². The number of hydrogen-bond donors (Lipinski definition) is 2. The maximum atomic E-state index is 6.09. The van der Waals surface area contributed by atoms with Crippen LogP contribution in [0.3, 0.4) is 0 Å². The van der Waals surface area contributed by atoms with E-state index in [-0.39, 0.29) is 0 Å². The minimum Gasteiger partial charge on any atom is -0.399 e. The van der Waals surface area contributed by atoms with E-state index in [4.69, 9.17) is 17.3 Å². The summed E-state index contributed by atoms with van der Waals surface area (Å²) in [5.74, 6) is 3.76. The van der Waals surface area contributed by atoms with E-state index in [1.165, 1.54) is 17.3 Å². The summed E-state index contributed by atoms with van der Waals surface area (Å²) in [7, 11) is 0. The van der Waals surface area contributed by atoms with Crippen molar-refractivity contribution in [1.82, 2.24) is 0 Å². The van der Waals surface area contributed by atoms with Crippen LogP contribution in [0.15, 0.2) is 18.2 Å². The van der Waals surface area contributed by atoms with Gasteiger partial charge in [-0.3, -0.25) is 0 Å². The molecular weight excluding hydrogens is 260 g/mol. The van der Waals surface area contributed by atoms with Crippen molar-refractivity contribution in [3.8, 4) is 0 Å². The van der Waals surface area contributed by atoms with E-state index in [0.29, 0.717) is 16.0 Å². The molecule has 1 atom stereocenters. The number of nitrogens with two attached hydrogens (primary N) is 1. The minimum absolute atomic E-state index is 0.687.